The summed E-state index contributed by atoms with van der Waals surface area (Å²) in [5, 5.41) is 0. The molecule has 1 aliphatic heterocycles. The number of hydrogen-bond acceptors (Lipinski definition) is 3. The lowest BCUT2D eigenvalue weighted by Gasteiger charge is -2.38. The molecule has 3 nitrogen and oxygen atoms in total. The molecule has 1 aliphatic rings. The van der Waals surface area contributed by atoms with Crippen molar-refractivity contribution in [3.05, 3.63) is 24.4 Å². The van der Waals surface area contributed by atoms with Crippen molar-refractivity contribution >= 4 is 0 Å². The molecule has 0 aromatic heterocycles. The molecule has 0 aromatic rings. The normalized spacial score (nSPS) is 33.5. The van der Waals surface area contributed by atoms with Crippen LogP contribution in [0.5, 0.6) is 0 Å². The Labute approximate surface area is 119 Å². The van der Waals surface area contributed by atoms with Gasteiger partial charge in [0, 0.05) is 13.0 Å². The molecule has 0 aromatic carbocycles. The summed E-state index contributed by atoms with van der Waals surface area (Å²) in [6, 6.07) is 0. The molecule has 0 spiro atoms. The molecule has 112 valence electrons. The van der Waals surface area contributed by atoms with Crippen LogP contribution < -0.4 is 5.73 Å². The van der Waals surface area contributed by atoms with Crippen LogP contribution >= 0.6 is 0 Å². The van der Waals surface area contributed by atoms with Gasteiger partial charge in [-0.15, -0.1) is 0 Å². The molecule has 0 bridgehead atoms. The fourth-order valence-electron chi connectivity index (χ4n) is 2.40. The molecule has 19 heavy (non-hydrogen) atoms. The summed E-state index contributed by atoms with van der Waals surface area (Å²) in [6.07, 6.45) is 7.40. The predicted molar refractivity (Wildman–Crippen MR) is 81.6 cm³/mol. The van der Waals surface area contributed by atoms with Gasteiger partial charge in [0.1, 0.15) is 0 Å². The first-order chi connectivity index (χ1) is 8.90. The van der Waals surface area contributed by atoms with Gasteiger partial charge in [-0.1, -0.05) is 26.5 Å². The zero-order valence-electron chi connectivity index (χ0n) is 12.8. The van der Waals surface area contributed by atoms with E-state index in [2.05, 4.69) is 34.3 Å². The number of allylic oxidation sites excluding steroid dienone is 2. The smallest absolute Gasteiger partial charge is 0.160 e. The van der Waals surface area contributed by atoms with Crippen LogP contribution in [0.1, 0.15) is 48.4 Å². The Bertz CT molecular complexity index is 320. The van der Waals surface area contributed by atoms with Gasteiger partial charge in [-0.05, 0) is 45.1 Å². The fraction of sp³-hybridized carbons (Fsp3) is 0.750. The summed E-state index contributed by atoms with van der Waals surface area (Å²) in [4.78, 5) is 0. The van der Waals surface area contributed by atoms with Crippen molar-refractivity contribution in [2.75, 3.05) is 0 Å². The maximum absolute atomic E-state index is 6.02. The minimum atomic E-state index is -0.0605. The van der Waals surface area contributed by atoms with E-state index in [1.54, 1.807) is 0 Å². The average molecular weight is 269 g/mol. The van der Waals surface area contributed by atoms with Crippen molar-refractivity contribution in [3.8, 4) is 0 Å². The van der Waals surface area contributed by atoms with Crippen molar-refractivity contribution in [3.63, 3.8) is 0 Å². The van der Waals surface area contributed by atoms with E-state index in [1.165, 1.54) is 6.42 Å². The zero-order chi connectivity index (χ0) is 14.4. The second kappa shape index (κ2) is 7.71. The van der Waals surface area contributed by atoms with Crippen molar-refractivity contribution in [1.29, 1.82) is 0 Å². The molecule has 5 atom stereocenters. The Balaban J connectivity index is 0.00000361. The molecule has 1 saturated heterocycles. The van der Waals surface area contributed by atoms with Gasteiger partial charge < -0.3 is 15.2 Å². The zero-order valence-corrected chi connectivity index (χ0v) is 12.8. The SMILES string of the molecule is C=C(N)/C=C/CC[C@@H](C)O[C@@H]1O[C@@H](C)[C@H](C)C[C@H]1C.[HH]. The van der Waals surface area contributed by atoms with Crippen molar-refractivity contribution in [2.45, 2.75) is 65.5 Å². The third kappa shape index (κ3) is 5.79. The molecule has 3 heteroatoms. The summed E-state index contributed by atoms with van der Waals surface area (Å²) in [6.45, 7) is 12.3. The molecule has 0 aliphatic carbocycles. The molecule has 0 radical (unpaired) electrons. The van der Waals surface area contributed by atoms with Gasteiger partial charge >= 0.3 is 0 Å². The van der Waals surface area contributed by atoms with Gasteiger partial charge in [-0.25, -0.2) is 0 Å². The van der Waals surface area contributed by atoms with Gasteiger partial charge in [0.15, 0.2) is 6.29 Å². The first kappa shape index (κ1) is 16.3. The molecule has 0 saturated carbocycles. The highest BCUT2D eigenvalue weighted by Crippen LogP contribution is 2.30. The van der Waals surface area contributed by atoms with Crippen LogP contribution in [-0.4, -0.2) is 18.5 Å². The maximum Gasteiger partial charge on any atom is 0.160 e. The van der Waals surface area contributed by atoms with Crippen LogP contribution in [0.4, 0.5) is 0 Å². The summed E-state index contributed by atoms with van der Waals surface area (Å²) >= 11 is 0. The minimum absolute atomic E-state index is 0. The Morgan fingerprint density at radius 1 is 1.47 bits per heavy atom. The average Bonchev–Trinajstić information content (AvgIpc) is 2.31. The highest BCUT2D eigenvalue weighted by atomic mass is 16.7. The number of rotatable bonds is 6. The largest absolute Gasteiger partial charge is 0.399 e. The first-order valence-corrected chi connectivity index (χ1v) is 7.32. The molecule has 1 heterocycles. The van der Waals surface area contributed by atoms with E-state index in [4.69, 9.17) is 15.2 Å². The standard InChI is InChI=1S/C16H29NO2.H2/c1-11-10-12(2)16(19-15(11)5)18-14(4)9-7-6-8-13(3)17;/h6,8,11-12,14-16H,3,7,9-10,17H2,1-2,4-5H3;1H/b8-6+;/t11-,12-,14-,15+,16-;/m1./s1. The maximum atomic E-state index is 6.02. The molecular weight excluding hydrogens is 238 g/mol. The Hall–Kier alpha value is -0.800. The van der Waals surface area contributed by atoms with Crippen LogP contribution in [0.15, 0.2) is 24.4 Å². The molecule has 2 N–H and O–H groups in total. The molecule has 0 unspecified atom stereocenters. The predicted octanol–water partition coefficient (Wildman–Crippen LogP) is 3.85. The monoisotopic (exact) mass is 269 g/mol. The van der Waals surface area contributed by atoms with Crippen LogP contribution in [0.2, 0.25) is 0 Å². The van der Waals surface area contributed by atoms with Crippen molar-refractivity contribution in [2.24, 2.45) is 17.6 Å². The van der Waals surface area contributed by atoms with Crippen LogP contribution in [-0.2, 0) is 9.47 Å². The van der Waals surface area contributed by atoms with Crippen molar-refractivity contribution < 1.29 is 10.9 Å². The van der Waals surface area contributed by atoms with E-state index in [1.807, 2.05) is 12.2 Å². The molecule has 0 amide bonds. The highest BCUT2D eigenvalue weighted by Gasteiger charge is 2.32. The van der Waals surface area contributed by atoms with Crippen LogP contribution in [0.3, 0.4) is 0 Å². The Kier molecular flexibility index (Phi) is 6.59. The van der Waals surface area contributed by atoms with Gasteiger partial charge in [-0.2, -0.15) is 0 Å². The molecular formula is C16H31NO2. The van der Waals surface area contributed by atoms with Gasteiger partial charge in [0.2, 0.25) is 0 Å². The van der Waals surface area contributed by atoms with Crippen LogP contribution in [0, 0.1) is 11.8 Å². The third-order valence-corrected chi connectivity index (χ3v) is 3.80. The van der Waals surface area contributed by atoms with Gasteiger partial charge in [0.25, 0.3) is 0 Å². The van der Waals surface area contributed by atoms with Crippen molar-refractivity contribution in [1.82, 2.24) is 0 Å². The number of nitrogens with two attached hydrogens (primary N) is 1. The topological polar surface area (TPSA) is 44.5 Å². The van der Waals surface area contributed by atoms with E-state index >= 15 is 0 Å². The summed E-state index contributed by atoms with van der Waals surface area (Å²) in [5.74, 6) is 1.08. The quantitative estimate of drug-likeness (QED) is 0.745. The Morgan fingerprint density at radius 3 is 2.79 bits per heavy atom. The second-order valence-electron chi connectivity index (χ2n) is 5.90. The molecule has 1 rings (SSSR count). The lowest BCUT2D eigenvalue weighted by atomic mass is 9.90. The number of hydrogen-bond donors (Lipinski definition) is 1. The lowest BCUT2D eigenvalue weighted by molar-refractivity contribution is -0.243. The molecule has 1 fully saturated rings. The number of ether oxygens (including phenoxy) is 2. The Morgan fingerprint density at radius 2 is 2.16 bits per heavy atom. The minimum Gasteiger partial charge on any atom is -0.399 e. The fourth-order valence-corrected chi connectivity index (χ4v) is 2.40. The summed E-state index contributed by atoms with van der Waals surface area (Å²) < 4.78 is 12.0. The summed E-state index contributed by atoms with van der Waals surface area (Å²) in [5.41, 5.74) is 6.07. The van der Waals surface area contributed by atoms with Gasteiger partial charge in [-0.3, -0.25) is 0 Å². The van der Waals surface area contributed by atoms with E-state index in [-0.39, 0.29) is 19.9 Å². The lowest BCUT2D eigenvalue weighted by Crippen LogP contribution is -2.40. The summed E-state index contributed by atoms with van der Waals surface area (Å²) in [7, 11) is 0. The first-order valence-electron chi connectivity index (χ1n) is 7.32. The van der Waals surface area contributed by atoms with E-state index in [0.29, 0.717) is 17.5 Å². The van der Waals surface area contributed by atoms with E-state index in [9.17, 15) is 0 Å². The third-order valence-electron chi connectivity index (χ3n) is 3.80. The van der Waals surface area contributed by atoms with Crippen LogP contribution in [0.25, 0.3) is 0 Å². The highest BCUT2D eigenvalue weighted by molar-refractivity contribution is 5.09. The van der Waals surface area contributed by atoms with E-state index in [0.717, 1.165) is 12.8 Å². The second-order valence-corrected chi connectivity index (χ2v) is 5.90. The van der Waals surface area contributed by atoms with E-state index < -0.39 is 0 Å². The van der Waals surface area contributed by atoms with Gasteiger partial charge in [0.05, 0.1) is 12.2 Å².